The predicted molar refractivity (Wildman–Crippen MR) is 86.4 cm³/mol. The fourth-order valence-electron chi connectivity index (χ4n) is 3.73. The second kappa shape index (κ2) is 5.07. The van der Waals surface area contributed by atoms with Crippen molar-refractivity contribution in [1.29, 1.82) is 0 Å². The van der Waals surface area contributed by atoms with Crippen LogP contribution in [-0.4, -0.2) is 48.9 Å². The number of aldehydes is 1. The highest BCUT2D eigenvalue weighted by Crippen LogP contribution is 2.35. The number of thiophene rings is 1. The average Bonchev–Trinajstić information content (AvgIpc) is 3.08. The number of piperidine rings is 1. The molecule has 2 unspecified atom stereocenters. The monoisotopic (exact) mass is 301 g/mol. The molecule has 5 heteroatoms. The Hall–Kier alpha value is -1.46. The molecule has 2 fully saturated rings. The number of likely N-dealkylation sites (N-methyl/N-ethyl adjacent to an activating group) is 1. The first-order chi connectivity index (χ1) is 10.2. The fourth-order valence-corrected chi connectivity index (χ4v) is 4.57. The summed E-state index contributed by atoms with van der Waals surface area (Å²) < 4.78 is 0. The molecule has 21 heavy (non-hydrogen) atoms. The smallest absolute Gasteiger partial charge is 0.160 e. The molecule has 2 aromatic rings. The molecule has 0 N–H and O–H groups in total. The lowest BCUT2D eigenvalue weighted by molar-refractivity contribution is 0.112. The Balaban J connectivity index is 1.67. The van der Waals surface area contributed by atoms with Gasteiger partial charge in [-0.25, -0.2) is 4.98 Å². The maximum atomic E-state index is 10.9. The Kier molecular flexibility index (Phi) is 3.19. The summed E-state index contributed by atoms with van der Waals surface area (Å²) in [7, 11) is 2.21. The van der Waals surface area contributed by atoms with Crippen molar-refractivity contribution in [2.24, 2.45) is 5.92 Å². The van der Waals surface area contributed by atoms with E-state index >= 15 is 0 Å². The number of likely N-dealkylation sites (tertiary alicyclic amines) is 1. The SMILES string of the molecule is CN1CCC2CCN(c3ccc4cc(C=O)sc4n3)C2C1. The highest BCUT2D eigenvalue weighted by Gasteiger charge is 2.38. The van der Waals surface area contributed by atoms with Crippen molar-refractivity contribution in [2.45, 2.75) is 18.9 Å². The van der Waals surface area contributed by atoms with Gasteiger partial charge in [0.25, 0.3) is 0 Å². The van der Waals surface area contributed by atoms with Crippen molar-refractivity contribution in [3.63, 3.8) is 0 Å². The van der Waals surface area contributed by atoms with Crippen LogP contribution in [0.3, 0.4) is 0 Å². The first-order valence-electron chi connectivity index (χ1n) is 7.55. The molecular weight excluding hydrogens is 282 g/mol. The van der Waals surface area contributed by atoms with Gasteiger partial charge in [-0.15, -0.1) is 11.3 Å². The zero-order chi connectivity index (χ0) is 14.4. The molecule has 4 heterocycles. The lowest BCUT2D eigenvalue weighted by Gasteiger charge is -2.37. The Morgan fingerprint density at radius 3 is 3.05 bits per heavy atom. The third-order valence-corrected chi connectivity index (χ3v) is 5.83. The van der Waals surface area contributed by atoms with Gasteiger partial charge < -0.3 is 9.80 Å². The number of anilines is 1. The molecule has 0 radical (unpaired) electrons. The molecule has 0 amide bonds. The van der Waals surface area contributed by atoms with E-state index in [0.717, 1.165) is 46.2 Å². The van der Waals surface area contributed by atoms with Crippen LogP contribution in [0, 0.1) is 5.92 Å². The van der Waals surface area contributed by atoms with Crippen LogP contribution in [0.5, 0.6) is 0 Å². The van der Waals surface area contributed by atoms with Crippen molar-refractivity contribution in [3.05, 3.63) is 23.1 Å². The van der Waals surface area contributed by atoms with Gasteiger partial charge in [0.15, 0.2) is 6.29 Å². The Labute approximate surface area is 128 Å². The summed E-state index contributed by atoms with van der Waals surface area (Å²) in [5.74, 6) is 1.89. The highest BCUT2D eigenvalue weighted by atomic mass is 32.1. The first-order valence-corrected chi connectivity index (χ1v) is 8.37. The van der Waals surface area contributed by atoms with E-state index in [4.69, 9.17) is 4.98 Å². The molecule has 110 valence electrons. The largest absolute Gasteiger partial charge is 0.352 e. The lowest BCUT2D eigenvalue weighted by Crippen LogP contribution is -2.46. The van der Waals surface area contributed by atoms with E-state index < -0.39 is 0 Å². The van der Waals surface area contributed by atoms with Crippen molar-refractivity contribution in [2.75, 3.05) is 31.6 Å². The summed E-state index contributed by atoms with van der Waals surface area (Å²) in [4.78, 5) is 22.3. The molecule has 4 rings (SSSR count). The normalized spacial score (nSPS) is 26.2. The van der Waals surface area contributed by atoms with Crippen molar-refractivity contribution in [3.8, 4) is 0 Å². The number of pyridine rings is 1. The molecule has 2 aliphatic rings. The van der Waals surface area contributed by atoms with Crippen LogP contribution in [0.4, 0.5) is 5.82 Å². The minimum atomic E-state index is 0.596. The summed E-state index contributed by atoms with van der Waals surface area (Å²) in [5, 5.41) is 1.07. The number of hydrogen-bond donors (Lipinski definition) is 0. The van der Waals surface area contributed by atoms with E-state index in [2.05, 4.69) is 29.0 Å². The van der Waals surface area contributed by atoms with Gasteiger partial charge in [0.05, 0.1) is 4.88 Å². The Bertz CT molecular complexity index is 683. The summed E-state index contributed by atoms with van der Waals surface area (Å²) in [6, 6.07) is 6.73. The van der Waals surface area contributed by atoms with Gasteiger partial charge in [0, 0.05) is 24.5 Å². The second-order valence-corrected chi connectivity index (χ2v) is 7.25. The molecule has 0 aromatic carbocycles. The van der Waals surface area contributed by atoms with Crippen molar-refractivity contribution < 1.29 is 4.79 Å². The van der Waals surface area contributed by atoms with E-state index in [1.165, 1.54) is 30.7 Å². The number of hydrogen-bond acceptors (Lipinski definition) is 5. The molecule has 0 saturated carbocycles. The molecule has 2 aliphatic heterocycles. The van der Waals surface area contributed by atoms with Crippen LogP contribution < -0.4 is 4.90 Å². The van der Waals surface area contributed by atoms with Gasteiger partial charge in [-0.05, 0) is 50.6 Å². The summed E-state index contributed by atoms with van der Waals surface area (Å²) >= 11 is 1.48. The molecule has 4 nitrogen and oxygen atoms in total. The minimum absolute atomic E-state index is 0.596. The van der Waals surface area contributed by atoms with Crippen LogP contribution in [0.2, 0.25) is 0 Å². The van der Waals surface area contributed by atoms with Crippen LogP contribution in [0.1, 0.15) is 22.5 Å². The van der Waals surface area contributed by atoms with Gasteiger partial charge in [-0.2, -0.15) is 0 Å². The molecule has 0 spiro atoms. The molecular formula is C16H19N3OS. The maximum absolute atomic E-state index is 10.9. The molecule has 2 atom stereocenters. The van der Waals surface area contributed by atoms with Crippen molar-refractivity contribution in [1.82, 2.24) is 9.88 Å². The summed E-state index contributed by atoms with van der Waals surface area (Å²) in [5.41, 5.74) is 0. The fraction of sp³-hybridized carbons (Fsp3) is 0.500. The summed E-state index contributed by atoms with van der Waals surface area (Å²) in [6.07, 6.45) is 3.49. The van der Waals surface area contributed by atoms with Crippen LogP contribution >= 0.6 is 11.3 Å². The topological polar surface area (TPSA) is 36.4 Å². The van der Waals surface area contributed by atoms with Gasteiger partial charge >= 0.3 is 0 Å². The summed E-state index contributed by atoms with van der Waals surface area (Å²) in [6.45, 7) is 3.46. The Morgan fingerprint density at radius 2 is 2.19 bits per heavy atom. The number of rotatable bonds is 2. The highest BCUT2D eigenvalue weighted by molar-refractivity contribution is 7.20. The second-order valence-electron chi connectivity index (χ2n) is 6.19. The standard InChI is InChI=1S/C16H19N3OS/c1-18-6-4-11-5-7-19(14(11)9-18)15-3-2-12-8-13(10-20)21-16(12)17-15/h2-3,8,10-11,14H,4-7,9H2,1H3. The van der Waals surface area contributed by atoms with Gasteiger partial charge in [0.2, 0.25) is 0 Å². The first kappa shape index (κ1) is 13.2. The molecule has 0 aliphatic carbocycles. The zero-order valence-electron chi connectivity index (χ0n) is 12.2. The quantitative estimate of drug-likeness (QED) is 0.799. The number of fused-ring (bicyclic) bond motifs is 2. The maximum Gasteiger partial charge on any atom is 0.160 e. The van der Waals surface area contributed by atoms with E-state index in [0.29, 0.717) is 6.04 Å². The van der Waals surface area contributed by atoms with Gasteiger partial charge in [0.1, 0.15) is 10.6 Å². The van der Waals surface area contributed by atoms with Crippen LogP contribution in [0.25, 0.3) is 10.2 Å². The zero-order valence-corrected chi connectivity index (χ0v) is 13.0. The number of carbonyl (C=O) groups excluding carboxylic acids is 1. The number of aromatic nitrogens is 1. The van der Waals surface area contributed by atoms with Crippen LogP contribution in [0.15, 0.2) is 18.2 Å². The van der Waals surface area contributed by atoms with E-state index in [-0.39, 0.29) is 0 Å². The van der Waals surface area contributed by atoms with E-state index in [9.17, 15) is 4.79 Å². The third kappa shape index (κ3) is 2.24. The predicted octanol–water partition coefficient (Wildman–Crippen LogP) is 2.64. The lowest BCUT2D eigenvalue weighted by atomic mass is 9.92. The van der Waals surface area contributed by atoms with Gasteiger partial charge in [-0.1, -0.05) is 0 Å². The van der Waals surface area contributed by atoms with Crippen LogP contribution in [-0.2, 0) is 0 Å². The number of carbonyl (C=O) groups is 1. The van der Waals surface area contributed by atoms with E-state index in [1.54, 1.807) is 0 Å². The minimum Gasteiger partial charge on any atom is -0.352 e. The van der Waals surface area contributed by atoms with Crippen molar-refractivity contribution >= 4 is 33.7 Å². The molecule has 0 bridgehead atoms. The van der Waals surface area contributed by atoms with Gasteiger partial charge in [-0.3, -0.25) is 4.79 Å². The average molecular weight is 301 g/mol. The third-order valence-electron chi connectivity index (χ3n) is 4.86. The molecule has 2 saturated heterocycles. The van der Waals surface area contributed by atoms with E-state index in [1.807, 2.05) is 6.07 Å². The molecule has 2 aromatic heterocycles. The Morgan fingerprint density at radius 1 is 1.33 bits per heavy atom. The number of nitrogens with zero attached hydrogens (tertiary/aromatic N) is 3.